The Morgan fingerprint density at radius 2 is 1.72 bits per heavy atom. The van der Waals surface area contributed by atoms with E-state index < -0.39 is 0 Å². The SMILES string of the molecule is CN(CCC(=O)Nc1cccc2ccccc12)Cc1nc2ccccc2c(=O)[nH]1. The van der Waals surface area contributed by atoms with Gasteiger partial charge >= 0.3 is 0 Å². The standard InChI is InChI=1S/C23H22N4O2/c1-27(15-21-24-20-11-5-4-10-18(20)23(29)26-21)14-13-22(28)25-19-12-6-8-16-7-2-3-9-17(16)19/h2-12H,13-15H2,1H3,(H,25,28)(H,24,26,29). The molecule has 0 aliphatic heterocycles. The highest BCUT2D eigenvalue weighted by Crippen LogP contribution is 2.23. The summed E-state index contributed by atoms with van der Waals surface area (Å²) in [6.07, 6.45) is 0.345. The maximum atomic E-state index is 12.4. The van der Waals surface area contributed by atoms with Crippen molar-refractivity contribution in [1.29, 1.82) is 0 Å². The molecule has 1 amide bonds. The number of nitrogens with one attached hydrogen (secondary N) is 2. The van der Waals surface area contributed by atoms with E-state index in [2.05, 4.69) is 15.3 Å². The van der Waals surface area contributed by atoms with Crippen LogP contribution in [0.1, 0.15) is 12.2 Å². The molecule has 0 spiro atoms. The second kappa shape index (κ2) is 8.24. The lowest BCUT2D eigenvalue weighted by Gasteiger charge is -2.16. The van der Waals surface area contributed by atoms with Gasteiger partial charge in [-0.15, -0.1) is 0 Å². The molecule has 4 rings (SSSR count). The number of nitrogens with zero attached hydrogens (tertiary/aromatic N) is 2. The quantitative estimate of drug-likeness (QED) is 0.531. The Kier molecular flexibility index (Phi) is 5.35. The molecule has 1 aromatic heterocycles. The highest BCUT2D eigenvalue weighted by molar-refractivity contribution is 6.02. The van der Waals surface area contributed by atoms with Gasteiger partial charge in [-0.1, -0.05) is 48.5 Å². The fourth-order valence-electron chi connectivity index (χ4n) is 3.38. The van der Waals surface area contributed by atoms with Gasteiger partial charge in [0, 0.05) is 24.0 Å². The summed E-state index contributed by atoms with van der Waals surface area (Å²) in [4.78, 5) is 33.9. The molecule has 0 bridgehead atoms. The van der Waals surface area contributed by atoms with Gasteiger partial charge in [0.25, 0.3) is 5.56 Å². The van der Waals surface area contributed by atoms with Crippen LogP contribution in [-0.4, -0.2) is 34.4 Å². The highest BCUT2D eigenvalue weighted by Gasteiger charge is 2.10. The fourth-order valence-corrected chi connectivity index (χ4v) is 3.38. The lowest BCUT2D eigenvalue weighted by molar-refractivity contribution is -0.116. The van der Waals surface area contributed by atoms with E-state index in [0.717, 1.165) is 16.5 Å². The number of benzene rings is 3. The van der Waals surface area contributed by atoms with Crippen molar-refractivity contribution < 1.29 is 4.79 Å². The van der Waals surface area contributed by atoms with E-state index in [1.54, 1.807) is 6.07 Å². The van der Waals surface area contributed by atoms with Crippen LogP contribution in [0.2, 0.25) is 0 Å². The van der Waals surface area contributed by atoms with Gasteiger partial charge in [-0.2, -0.15) is 0 Å². The van der Waals surface area contributed by atoms with E-state index in [4.69, 9.17) is 0 Å². The average Bonchev–Trinajstić information content (AvgIpc) is 2.73. The summed E-state index contributed by atoms with van der Waals surface area (Å²) in [6.45, 7) is 1.01. The zero-order valence-electron chi connectivity index (χ0n) is 16.2. The first-order valence-corrected chi connectivity index (χ1v) is 9.54. The summed E-state index contributed by atoms with van der Waals surface area (Å²) in [5.41, 5.74) is 1.34. The monoisotopic (exact) mass is 386 g/mol. The van der Waals surface area contributed by atoms with E-state index in [-0.39, 0.29) is 11.5 Å². The van der Waals surface area contributed by atoms with Gasteiger partial charge in [0.15, 0.2) is 0 Å². The van der Waals surface area contributed by atoms with Crippen molar-refractivity contribution in [1.82, 2.24) is 14.9 Å². The molecule has 0 atom stereocenters. The Morgan fingerprint density at radius 1 is 1.00 bits per heavy atom. The first-order valence-electron chi connectivity index (χ1n) is 9.54. The molecule has 0 aliphatic rings. The van der Waals surface area contributed by atoms with E-state index in [1.807, 2.05) is 72.6 Å². The van der Waals surface area contributed by atoms with E-state index in [9.17, 15) is 9.59 Å². The lowest BCUT2D eigenvalue weighted by Crippen LogP contribution is -2.26. The predicted octanol–water partition coefficient (Wildman–Crippen LogP) is 3.54. The Bertz CT molecular complexity index is 1230. The zero-order chi connectivity index (χ0) is 20.2. The Labute approximate surface area is 168 Å². The van der Waals surface area contributed by atoms with Crippen molar-refractivity contribution in [2.24, 2.45) is 0 Å². The molecule has 29 heavy (non-hydrogen) atoms. The number of hydrogen-bond acceptors (Lipinski definition) is 4. The van der Waals surface area contributed by atoms with Crippen LogP contribution in [0, 0.1) is 0 Å². The number of anilines is 1. The van der Waals surface area contributed by atoms with Crippen molar-refractivity contribution in [3.8, 4) is 0 Å². The second-order valence-corrected chi connectivity index (χ2v) is 7.09. The first-order chi connectivity index (χ1) is 14.1. The van der Waals surface area contributed by atoms with Crippen LogP contribution in [0.25, 0.3) is 21.7 Å². The maximum absolute atomic E-state index is 12.4. The summed E-state index contributed by atoms with van der Waals surface area (Å²) in [5.74, 6) is 0.541. The minimum atomic E-state index is -0.146. The molecular formula is C23H22N4O2. The van der Waals surface area contributed by atoms with E-state index >= 15 is 0 Å². The molecule has 3 aromatic carbocycles. The molecule has 0 saturated heterocycles. The van der Waals surface area contributed by atoms with Gasteiger partial charge in [-0.25, -0.2) is 4.98 Å². The third-order valence-corrected chi connectivity index (χ3v) is 4.87. The molecule has 2 N–H and O–H groups in total. The topological polar surface area (TPSA) is 78.1 Å². The average molecular weight is 386 g/mol. The zero-order valence-corrected chi connectivity index (χ0v) is 16.2. The van der Waals surface area contributed by atoms with Crippen LogP contribution in [0.5, 0.6) is 0 Å². The van der Waals surface area contributed by atoms with Crippen LogP contribution < -0.4 is 10.9 Å². The first kappa shape index (κ1) is 18.8. The molecule has 146 valence electrons. The van der Waals surface area contributed by atoms with E-state index in [0.29, 0.717) is 36.2 Å². The van der Waals surface area contributed by atoms with Gasteiger partial charge < -0.3 is 10.3 Å². The van der Waals surface area contributed by atoms with Gasteiger partial charge in [0.05, 0.1) is 17.4 Å². The van der Waals surface area contributed by atoms with Gasteiger partial charge in [0.1, 0.15) is 5.82 Å². The summed E-state index contributed by atoms with van der Waals surface area (Å²) in [7, 11) is 1.90. The highest BCUT2D eigenvalue weighted by atomic mass is 16.1. The van der Waals surface area contributed by atoms with Crippen molar-refractivity contribution in [3.05, 3.63) is 82.9 Å². The molecule has 6 nitrogen and oxygen atoms in total. The third-order valence-electron chi connectivity index (χ3n) is 4.87. The van der Waals surface area contributed by atoms with E-state index in [1.165, 1.54) is 0 Å². The van der Waals surface area contributed by atoms with Crippen LogP contribution >= 0.6 is 0 Å². The van der Waals surface area contributed by atoms with Gasteiger partial charge in [0.2, 0.25) is 5.91 Å². The number of rotatable bonds is 6. The number of aromatic amines is 1. The molecule has 0 radical (unpaired) electrons. The number of amides is 1. The molecule has 6 heteroatoms. The summed E-state index contributed by atoms with van der Waals surface area (Å²) in [6, 6.07) is 21.1. The summed E-state index contributed by atoms with van der Waals surface area (Å²) >= 11 is 0. The van der Waals surface area contributed by atoms with Crippen molar-refractivity contribution in [2.45, 2.75) is 13.0 Å². The Hall–Kier alpha value is -3.51. The largest absolute Gasteiger partial charge is 0.325 e. The number of para-hydroxylation sites is 1. The number of carbonyl (C=O) groups is 1. The van der Waals surface area contributed by atoms with Crippen LogP contribution in [-0.2, 0) is 11.3 Å². The Morgan fingerprint density at radius 3 is 2.59 bits per heavy atom. The number of fused-ring (bicyclic) bond motifs is 2. The number of hydrogen-bond donors (Lipinski definition) is 2. The summed E-state index contributed by atoms with van der Waals surface area (Å²) in [5, 5.41) is 5.69. The smallest absolute Gasteiger partial charge is 0.258 e. The Balaban J connectivity index is 1.37. The van der Waals surface area contributed by atoms with Gasteiger partial charge in [-0.05, 0) is 30.6 Å². The molecular weight excluding hydrogens is 364 g/mol. The van der Waals surface area contributed by atoms with Crippen molar-refractivity contribution >= 4 is 33.3 Å². The molecule has 4 aromatic rings. The van der Waals surface area contributed by atoms with Crippen molar-refractivity contribution in [3.63, 3.8) is 0 Å². The predicted molar refractivity (Wildman–Crippen MR) is 116 cm³/mol. The van der Waals surface area contributed by atoms with Crippen LogP contribution in [0.3, 0.4) is 0 Å². The molecule has 0 aliphatic carbocycles. The van der Waals surface area contributed by atoms with Crippen molar-refractivity contribution in [2.75, 3.05) is 18.9 Å². The molecule has 0 fully saturated rings. The number of H-pyrrole nitrogens is 1. The normalized spacial score (nSPS) is 11.2. The van der Waals surface area contributed by atoms with Crippen LogP contribution in [0.4, 0.5) is 5.69 Å². The second-order valence-electron chi connectivity index (χ2n) is 7.09. The third kappa shape index (κ3) is 4.33. The number of aromatic nitrogens is 2. The maximum Gasteiger partial charge on any atom is 0.258 e. The molecule has 1 heterocycles. The fraction of sp³-hybridized carbons (Fsp3) is 0.174. The number of carbonyl (C=O) groups excluding carboxylic acids is 1. The molecule has 0 unspecified atom stereocenters. The summed E-state index contributed by atoms with van der Waals surface area (Å²) < 4.78 is 0. The minimum absolute atomic E-state index is 0.0480. The molecule has 0 saturated carbocycles. The van der Waals surface area contributed by atoms with Crippen LogP contribution in [0.15, 0.2) is 71.5 Å². The lowest BCUT2D eigenvalue weighted by atomic mass is 10.1. The minimum Gasteiger partial charge on any atom is -0.325 e. The van der Waals surface area contributed by atoms with Gasteiger partial charge in [-0.3, -0.25) is 14.5 Å².